The highest BCUT2D eigenvalue weighted by Crippen LogP contribution is 2.21. The smallest absolute Gasteiger partial charge is 0.290 e. The maximum Gasteiger partial charge on any atom is 0.290 e. The van der Waals surface area contributed by atoms with Crippen molar-refractivity contribution in [3.8, 4) is 0 Å². The van der Waals surface area contributed by atoms with Gasteiger partial charge in [-0.2, -0.15) is 5.10 Å². The summed E-state index contributed by atoms with van der Waals surface area (Å²) >= 11 is 0. The summed E-state index contributed by atoms with van der Waals surface area (Å²) in [7, 11) is 1.61. The number of carbonyl (C=O) groups excluding carboxylic acids is 1. The molecule has 0 saturated carbocycles. The zero-order valence-corrected chi connectivity index (χ0v) is 19.0. The van der Waals surface area contributed by atoms with Gasteiger partial charge in [-0.25, -0.2) is 9.50 Å². The van der Waals surface area contributed by atoms with Crippen LogP contribution >= 0.6 is 0 Å². The van der Waals surface area contributed by atoms with E-state index in [4.69, 9.17) is 9.90 Å². The highest BCUT2D eigenvalue weighted by atomic mass is 16.3. The molecule has 1 saturated heterocycles. The predicted molar refractivity (Wildman–Crippen MR) is 124 cm³/mol. The summed E-state index contributed by atoms with van der Waals surface area (Å²) in [6.07, 6.45) is 2.49. The van der Waals surface area contributed by atoms with Gasteiger partial charge in [-0.05, 0) is 25.5 Å². The Bertz CT molecular complexity index is 1180. The molecule has 0 spiro atoms. The number of H-pyrrole nitrogens is 1. The van der Waals surface area contributed by atoms with E-state index in [0.29, 0.717) is 12.1 Å². The molecule has 1 aliphatic heterocycles. The van der Waals surface area contributed by atoms with E-state index in [9.17, 15) is 9.59 Å². The number of piperazine rings is 1. The van der Waals surface area contributed by atoms with E-state index in [0.717, 1.165) is 61.0 Å². The Morgan fingerprint density at radius 1 is 1.27 bits per heavy atom. The van der Waals surface area contributed by atoms with Crippen molar-refractivity contribution in [3.63, 3.8) is 0 Å². The van der Waals surface area contributed by atoms with Gasteiger partial charge in [0, 0.05) is 57.6 Å². The molecule has 1 aliphatic rings. The number of nitrogens with one attached hydrogen (secondary N) is 2. The standard InChI is InChI=1S/C21H27N7O2.CH2O2/c1-4-15-12-28-19(24-20(15)29)11-16(25-28)13-26-7-9-27(10-8-26)18-6-5-17(21(30)22-3)23-14(18)2;2-1-3/h5-6,11-12H,4,7-10,13H2,1-3H3,(H,22,30)(H,24,29);1H,(H,2,3). The van der Waals surface area contributed by atoms with E-state index in [1.54, 1.807) is 17.6 Å². The van der Waals surface area contributed by atoms with Crippen LogP contribution in [0.4, 0.5) is 5.69 Å². The van der Waals surface area contributed by atoms with Crippen LogP contribution in [0.5, 0.6) is 0 Å². The number of carbonyl (C=O) groups is 2. The number of amides is 1. The molecular weight excluding hydrogens is 426 g/mol. The zero-order valence-electron chi connectivity index (χ0n) is 19.0. The summed E-state index contributed by atoms with van der Waals surface area (Å²) in [6, 6.07) is 5.70. The number of nitrogens with zero attached hydrogens (tertiary/aromatic N) is 5. The third kappa shape index (κ3) is 5.55. The molecule has 4 heterocycles. The Labute approximate surface area is 191 Å². The molecule has 33 heavy (non-hydrogen) atoms. The normalized spacial score (nSPS) is 14.0. The van der Waals surface area contributed by atoms with Crippen molar-refractivity contribution >= 4 is 23.7 Å². The highest BCUT2D eigenvalue weighted by molar-refractivity contribution is 5.92. The van der Waals surface area contributed by atoms with Gasteiger partial charge < -0.3 is 20.3 Å². The van der Waals surface area contributed by atoms with E-state index in [-0.39, 0.29) is 17.9 Å². The second kappa shape index (κ2) is 10.7. The Morgan fingerprint density at radius 3 is 2.58 bits per heavy atom. The van der Waals surface area contributed by atoms with E-state index in [2.05, 4.69) is 30.2 Å². The van der Waals surface area contributed by atoms with E-state index < -0.39 is 0 Å². The summed E-state index contributed by atoms with van der Waals surface area (Å²) < 4.78 is 1.76. The number of aromatic nitrogens is 4. The molecule has 4 rings (SSSR count). The van der Waals surface area contributed by atoms with Crippen molar-refractivity contribution in [2.45, 2.75) is 26.8 Å². The van der Waals surface area contributed by atoms with Crippen molar-refractivity contribution < 1.29 is 14.7 Å². The number of aryl methyl sites for hydroxylation is 2. The summed E-state index contributed by atoms with van der Waals surface area (Å²) in [6.45, 7) is 7.96. The summed E-state index contributed by atoms with van der Waals surface area (Å²) in [5.74, 6) is -0.172. The Morgan fingerprint density at radius 2 is 1.97 bits per heavy atom. The van der Waals surface area contributed by atoms with Crippen LogP contribution in [0.15, 0.2) is 29.2 Å². The molecule has 0 atom stereocenters. The number of carboxylic acid groups (broad SMARTS) is 1. The maximum atomic E-state index is 12.0. The Kier molecular flexibility index (Phi) is 7.78. The first-order valence-electron chi connectivity index (χ1n) is 10.8. The molecule has 0 radical (unpaired) electrons. The zero-order chi connectivity index (χ0) is 24.0. The largest absolute Gasteiger partial charge is 0.483 e. The molecule has 0 aromatic carbocycles. The van der Waals surface area contributed by atoms with Gasteiger partial charge in [0.1, 0.15) is 11.3 Å². The van der Waals surface area contributed by atoms with Gasteiger partial charge in [0.25, 0.3) is 17.9 Å². The lowest BCUT2D eigenvalue weighted by atomic mass is 10.2. The van der Waals surface area contributed by atoms with E-state index >= 15 is 0 Å². The van der Waals surface area contributed by atoms with Gasteiger partial charge >= 0.3 is 0 Å². The summed E-state index contributed by atoms with van der Waals surface area (Å²) in [5.41, 5.74) is 4.73. The topological polar surface area (TPSA) is 136 Å². The first kappa shape index (κ1) is 23.9. The number of aromatic amines is 1. The lowest BCUT2D eigenvalue weighted by Crippen LogP contribution is -2.46. The van der Waals surface area contributed by atoms with Crippen LogP contribution in [-0.4, -0.2) is 75.2 Å². The number of fused-ring (bicyclic) bond motifs is 1. The van der Waals surface area contributed by atoms with Crippen molar-refractivity contribution in [1.29, 1.82) is 0 Å². The van der Waals surface area contributed by atoms with Crippen LogP contribution in [0.2, 0.25) is 0 Å². The molecule has 0 unspecified atom stereocenters. The average Bonchev–Trinajstić information content (AvgIpc) is 3.19. The molecule has 0 bridgehead atoms. The quantitative estimate of drug-likeness (QED) is 0.478. The van der Waals surface area contributed by atoms with Crippen LogP contribution < -0.4 is 15.8 Å². The Hall–Kier alpha value is -3.73. The fraction of sp³-hybridized carbons (Fsp3) is 0.409. The second-order valence-corrected chi connectivity index (χ2v) is 7.68. The average molecular weight is 456 g/mol. The fourth-order valence-corrected chi connectivity index (χ4v) is 3.89. The van der Waals surface area contributed by atoms with Crippen LogP contribution in [0.1, 0.15) is 34.4 Å². The lowest BCUT2D eigenvalue weighted by molar-refractivity contribution is -0.122. The van der Waals surface area contributed by atoms with Crippen molar-refractivity contribution in [2.75, 3.05) is 38.1 Å². The van der Waals surface area contributed by atoms with Gasteiger partial charge in [0.2, 0.25) is 0 Å². The minimum absolute atomic E-state index is 0.0449. The lowest BCUT2D eigenvalue weighted by Gasteiger charge is -2.36. The minimum atomic E-state index is -0.250. The molecule has 11 nitrogen and oxygen atoms in total. The van der Waals surface area contributed by atoms with Gasteiger partial charge in [0.05, 0.1) is 17.1 Å². The number of pyridine rings is 1. The molecule has 3 N–H and O–H groups in total. The number of rotatable bonds is 5. The van der Waals surface area contributed by atoms with Gasteiger partial charge in [0.15, 0.2) is 0 Å². The van der Waals surface area contributed by atoms with Crippen molar-refractivity contribution in [2.24, 2.45) is 0 Å². The number of hydrogen-bond donors (Lipinski definition) is 3. The third-order valence-electron chi connectivity index (χ3n) is 5.59. The van der Waals surface area contributed by atoms with Crippen molar-refractivity contribution in [3.05, 3.63) is 57.4 Å². The molecule has 3 aromatic rings. The molecule has 11 heteroatoms. The van der Waals surface area contributed by atoms with E-state index in [1.165, 1.54) is 0 Å². The van der Waals surface area contributed by atoms with Crippen molar-refractivity contribution in [1.82, 2.24) is 29.8 Å². The monoisotopic (exact) mass is 455 g/mol. The van der Waals surface area contributed by atoms with Crippen LogP contribution in [0, 0.1) is 6.92 Å². The van der Waals surface area contributed by atoms with Gasteiger partial charge in [-0.15, -0.1) is 0 Å². The molecule has 1 amide bonds. The summed E-state index contributed by atoms with van der Waals surface area (Å²) in [4.78, 5) is 44.1. The maximum absolute atomic E-state index is 12.0. The summed E-state index contributed by atoms with van der Waals surface area (Å²) in [5, 5.41) is 14.1. The van der Waals surface area contributed by atoms with Crippen LogP contribution in [-0.2, 0) is 17.8 Å². The second-order valence-electron chi connectivity index (χ2n) is 7.68. The van der Waals surface area contributed by atoms with Crippen LogP contribution in [0.25, 0.3) is 5.65 Å². The fourth-order valence-electron chi connectivity index (χ4n) is 3.89. The van der Waals surface area contributed by atoms with Gasteiger partial charge in [-0.1, -0.05) is 6.92 Å². The molecule has 176 valence electrons. The number of hydrogen-bond acceptors (Lipinski definition) is 7. The molecule has 1 fully saturated rings. The highest BCUT2D eigenvalue weighted by Gasteiger charge is 2.20. The predicted octanol–water partition coefficient (Wildman–Crippen LogP) is 0.671. The molecule has 3 aromatic heterocycles. The number of anilines is 1. The molecule has 0 aliphatic carbocycles. The van der Waals surface area contributed by atoms with Gasteiger partial charge in [-0.3, -0.25) is 19.3 Å². The Balaban J connectivity index is 0.000000968. The molecular formula is C22H29N7O4. The SMILES string of the molecule is CCc1cn2nc(CN3CCN(c4ccc(C(=O)NC)nc4C)CC3)cc2[nH]c1=O.O=CO. The van der Waals surface area contributed by atoms with E-state index in [1.807, 2.05) is 32.2 Å². The third-order valence-corrected chi connectivity index (χ3v) is 5.59. The first-order chi connectivity index (χ1) is 15.9. The first-order valence-corrected chi connectivity index (χ1v) is 10.8. The minimum Gasteiger partial charge on any atom is -0.483 e. The van der Waals surface area contributed by atoms with Crippen LogP contribution in [0.3, 0.4) is 0 Å².